The molecule has 0 bridgehead atoms. The van der Waals surface area contributed by atoms with E-state index in [-0.39, 0.29) is 17.9 Å². The minimum atomic E-state index is -0.169. The zero-order valence-electron chi connectivity index (χ0n) is 19.7. The summed E-state index contributed by atoms with van der Waals surface area (Å²) < 4.78 is 17.3. The molecule has 1 atom stereocenters. The first kappa shape index (κ1) is 23.0. The van der Waals surface area contributed by atoms with Crippen LogP contribution in [-0.4, -0.2) is 38.2 Å². The lowest BCUT2D eigenvalue weighted by atomic mass is 9.90. The van der Waals surface area contributed by atoms with E-state index < -0.39 is 0 Å². The Hall–Kier alpha value is -2.69. The number of ether oxygens (including phenoxy) is 3. The second-order valence-corrected chi connectivity index (χ2v) is 8.35. The Labute approximate surface area is 186 Å². The molecule has 0 saturated heterocycles. The van der Waals surface area contributed by atoms with Crippen molar-refractivity contribution in [1.29, 1.82) is 0 Å². The van der Waals surface area contributed by atoms with E-state index in [2.05, 4.69) is 33.8 Å². The van der Waals surface area contributed by atoms with Crippen LogP contribution in [0.3, 0.4) is 0 Å². The maximum atomic E-state index is 13.4. The number of hydrogen-bond donors (Lipinski definition) is 0. The molecule has 2 aromatic carbocycles. The number of methoxy groups -OCH3 is 2. The zero-order chi connectivity index (χ0) is 22.5. The van der Waals surface area contributed by atoms with Crippen molar-refractivity contribution in [3.05, 3.63) is 52.6 Å². The Balaban J connectivity index is 1.98. The molecule has 1 amide bonds. The van der Waals surface area contributed by atoms with E-state index in [4.69, 9.17) is 14.2 Å². The average molecular weight is 426 g/mol. The van der Waals surface area contributed by atoms with Gasteiger partial charge < -0.3 is 19.1 Å². The fourth-order valence-corrected chi connectivity index (χ4v) is 4.54. The summed E-state index contributed by atoms with van der Waals surface area (Å²) in [5.74, 6) is 2.47. The molecule has 31 heavy (non-hydrogen) atoms. The molecule has 2 aromatic rings. The summed E-state index contributed by atoms with van der Waals surface area (Å²) >= 11 is 0. The minimum Gasteiger partial charge on any atom is -0.493 e. The van der Waals surface area contributed by atoms with Gasteiger partial charge in [-0.15, -0.1) is 0 Å². The van der Waals surface area contributed by atoms with Gasteiger partial charge >= 0.3 is 0 Å². The van der Waals surface area contributed by atoms with E-state index in [0.717, 1.165) is 47.5 Å². The molecule has 3 rings (SSSR count). The van der Waals surface area contributed by atoms with Crippen LogP contribution in [0.5, 0.6) is 17.2 Å². The molecule has 168 valence electrons. The van der Waals surface area contributed by atoms with Crippen LogP contribution in [0.4, 0.5) is 0 Å². The molecule has 1 aliphatic rings. The third-order valence-electron chi connectivity index (χ3n) is 6.22. The SMILES string of the molecule is CCC(CC)C(=O)N1CCc2cc(OC)c(OC)cc2C1COc1cc(C)cc(C)c1. The normalized spacial score (nSPS) is 15.6. The molecule has 0 aromatic heterocycles. The molecule has 1 aliphatic heterocycles. The third-order valence-corrected chi connectivity index (χ3v) is 6.22. The second-order valence-electron chi connectivity index (χ2n) is 8.35. The summed E-state index contributed by atoms with van der Waals surface area (Å²) in [7, 11) is 3.29. The topological polar surface area (TPSA) is 48.0 Å². The van der Waals surface area contributed by atoms with E-state index in [0.29, 0.717) is 18.9 Å². The van der Waals surface area contributed by atoms with Crippen LogP contribution in [0.1, 0.15) is 55.0 Å². The van der Waals surface area contributed by atoms with Gasteiger partial charge in [-0.2, -0.15) is 0 Å². The second kappa shape index (κ2) is 10.1. The molecule has 0 fully saturated rings. The van der Waals surface area contributed by atoms with Crippen LogP contribution >= 0.6 is 0 Å². The lowest BCUT2D eigenvalue weighted by molar-refractivity contribution is -0.139. The lowest BCUT2D eigenvalue weighted by Gasteiger charge is -2.39. The summed E-state index contributed by atoms with van der Waals surface area (Å²) in [5, 5.41) is 0. The number of hydrogen-bond acceptors (Lipinski definition) is 4. The van der Waals surface area contributed by atoms with Gasteiger partial charge in [0, 0.05) is 12.5 Å². The lowest BCUT2D eigenvalue weighted by Crippen LogP contribution is -2.45. The fourth-order valence-electron chi connectivity index (χ4n) is 4.54. The van der Waals surface area contributed by atoms with E-state index in [9.17, 15) is 4.79 Å². The van der Waals surface area contributed by atoms with Crippen LogP contribution < -0.4 is 14.2 Å². The van der Waals surface area contributed by atoms with Gasteiger partial charge in [-0.05, 0) is 79.6 Å². The van der Waals surface area contributed by atoms with Crippen LogP contribution in [-0.2, 0) is 11.2 Å². The van der Waals surface area contributed by atoms with Gasteiger partial charge in [0.1, 0.15) is 12.4 Å². The molecular weight excluding hydrogens is 390 g/mol. The number of amides is 1. The van der Waals surface area contributed by atoms with Crippen molar-refractivity contribution in [3.63, 3.8) is 0 Å². The minimum absolute atomic E-state index is 0.0328. The largest absolute Gasteiger partial charge is 0.493 e. The van der Waals surface area contributed by atoms with Crippen molar-refractivity contribution in [2.24, 2.45) is 5.92 Å². The zero-order valence-corrected chi connectivity index (χ0v) is 19.7. The first-order valence-electron chi connectivity index (χ1n) is 11.2. The van der Waals surface area contributed by atoms with E-state index in [1.54, 1.807) is 14.2 Å². The van der Waals surface area contributed by atoms with Crippen LogP contribution in [0.15, 0.2) is 30.3 Å². The highest BCUT2D eigenvalue weighted by Crippen LogP contribution is 2.39. The van der Waals surface area contributed by atoms with Gasteiger partial charge in [0.25, 0.3) is 0 Å². The van der Waals surface area contributed by atoms with Gasteiger partial charge in [0.05, 0.1) is 20.3 Å². The predicted octanol–water partition coefficient (Wildman–Crippen LogP) is 5.26. The molecular formula is C26H35NO4. The molecule has 0 saturated carbocycles. The van der Waals surface area contributed by atoms with Crippen molar-refractivity contribution >= 4 is 5.91 Å². The van der Waals surface area contributed by atoms with Crippen molar-refractivity contribution in [3.8, 4) is 17.2 Å². The number of aryl methyl sites for hydroxylation is 2. The summed E-state index contributed by atoms with van der Waals surface area (Å²) in [6, 6.07) is 10.1. The highest BCUT2D eigenvalue weighted by molar-refractivity contribution is 5.79. The predicted molar refractivity (Wildman–Crippen MR) is 123 cm³/mol. The van der Waals surface area contributed by atoms with E-state index in [1.807, 2.05) is 29.2 Å². The van der Waals surface area contributed by atoms with Crippen molar-refractivity contribution < 1.29 is 19.0 Å². The summed E-state index contributed by atoms with van der Waals surface area (Å²) in [6.07, 6.45) is 2.48. The molecule has 1 unspecified atom stereocenters. The van der Waals surface area contributed by atoms with Gasteiger partial charge in [0.15, 0.2) is 11.5 Å². The highest BCUT2D eigenvalue weighted by atomic mass is 16.5. The number of carbonyl (C=O) groups is 1. The Morgan fingerprint density at radius 1 is 1.00 bits per heavy atom. The first-order chi connectivity index (χ1) is 14.9. The Morgan fingerprint density at radius 3 is 2.19 bits per heavy atom. The van der Waals surface area contributed by atoms with Crippen LogP contribution in [0.25, 0.3) is 0 Å². The van der Waals surface area contributed by atoms with Gasteiger partial charge in [-0.3, -0.25) is 4.79 Å². The number of carbonyl (C=O) groups excluding carboxylic acids is 1. The monoisotopic (exact) mass is 425 g/mol. The fraction of sp³-hybridized carbons (Fsp3) is 0.500. The van der Waals surface area contributed by atoms with Crippen LogP contribution in [0, 0.1) is 19.8 Å². The van der Waals surface area contributed by atoms with Crippen molar-refractivity contribution in [2.75, 3.05) is 27.4 Å². The van der Waals surface area contributed by atoms with Gasteiger partial charge in [-0.1, -0.05) is 19.9 Å². The first-order valence-corrected chi connectivity index (χ1v) is 11.2. The van der Waals surface area contributed by atoms with E-state index in [1.165, 1.54) is 5.56 Å². The molecule has 0 aliphatic carbocycles. The number of benzene rings is 2. The summed E-state index contributed by atoms with van der Waals surface area (Å²) in [4.78, 5) is 15.4. The maximum Gasteiger partial charge on any atom is 0.226 e. The summed E-state index contributed by atoms with van der Waals surface area (Å²) in [6.45, 7) is 9.37. The van der Waals surface area contributed by atoms with E-state index >= 15 is 0 Å². The maximum absolute atomic E-state index is 13.4. The molecule has 1 heterocycles. The molecule has 0 spiro atoms. The average Bonchev–Trinajstić information content (AvgIpc) is 2.76. The molecule has 5 nitrogen and oxygen atoms in total. The van der Waals surface area contributed by atoms with Gasteiger partial charge in [-0.25, -0.2) is 0 Å². The van der Waals surface area contributed by atoms with Crippen molar-refractivity contribution in [2.45, 2.75) is 53.0 Å². The van der Waals surface area contributed by atoms with Crippen LogP contribution in [0.2, 0.25) is 0 Å². The smallest absolute Gasteiger partial charge is 0.226 e. The van der Waals surface area contributed by atoms with Crippen molar-refractivity contribution in [1.82, 2.24) is 4.90 Å². The highest BCUT2D eigenvalue weighted by Gasteiger charge is 2.35. The Bertz CT molecular complexity index is 900. The molecule has 0 radical (unpaired) electrons. The quantitative estimate of drug-likeness (QED) is 0.579. The Kier molecular flexibility index (Phi) is 7.47. The van der Waals surface area contributed by atoms with Gasteiger partial charge in [0.2, 0.25) is 5.91 Å². The standard InChI is InChI=1S/C26H35NO4/c1-7-19(8-2)26(28)27-10-9-20-14-24(29-5)25(30-6)15-22(20)23(27)16-31-21-12-17(3)11-18(4)13-21/h11-15,19,23H,7-10,16H2,1-6H3. The number of rotatable bonds is 8. The Morgan fingerprint density at radius 2 is 1.61 bits per heavy atom. The molecule has 5 heteroatoms. The summed E-state index contributed by atoms with van der Waals surface area (Å²) in [5.41, 5.74) is 4.58. The third kappa shape index (κ3) is 4.97. The number of fused-ring (bicyclic) bond motifs is 1. The molecule has 0 N–H and O–H groups in total. The number of nitrogens with zero attached hydrogens (tertiary/aromatic N) is 1.